The molecule has 0 bridgehead atoms. The summed E-state index contributed by atoms with van der Waals surface area (Å²) in [5, 5.41) is 10.9. The molecule has 0 unspecified atom stereocenters. The molecule has 2 aromatic carbocycles. The van der Waals surface area contributed by atoms with Crippen LogP contribution >= 0.6 is 12.4 Å². The molecule has 25 heavy (non-hydrogen) atoms. The van der Waals surface area contributed by atoms with E-state index < -0.39 is 0 Å². The summed E-state index contributed by atoms with van der Waals surface area (Å²) in [6, 6.07) is 10.2. The van der Waals surface area contributed by atoms with Crippen molar-refractivity contribution in [1.29, 1.82) is 0 Å². The van der Waals surface area contributed by atoms with Crippen LogP contribution in [-0.4, -0.2) is 37.0 Å². The fourth-order valence-corrected chi connectivity index (χ4v) is 2.73. The molecular weight excluding hydrogens is 342 g/mol. The Morgan fingerprint density at radius 3 is 2.44 bits per heavy atom. The van der Waals surface area contributed by atoms with E-state index in [9.17, 15) is 9.90 Å². The van der Waals surface area contributed by atoms with Crippen molar-refractivity contribution >= 4 is 29.2 Å². The van der Waals surface area contributed by atoms with Gasteiger partial charge in [-0.3, -0.25) is 4.79 Å². The van der Waals surface area contributed by atoms with Crippen molar-refractivity contribution in [1.82, 2.24) is 4.90 Å². The number of hydrogen-bond acceptors (Lipinski definition) is 5. The number of ketones is 1. The first kappa shape index (κ1) is 18.8. The fraction of sp³-hybridized carbons (Fsp3) is 0.211. The van der Waals surface area contributed by atoms with E-state index in [0.717, 1.165) is 0 Å². The molecule has 0 aliphatic carbocycles. The molecule has 0 saturated carbocycles. The summed E-state index contributed by atoms with van der Waals surface area (Å²) < 4.78 is 10.7. The summed E-state index contributed by atoms with van der Waals surface area (Å²) in [5.74, 6) is 0.693. The summed E-state index contributed by atoms with van der Waals surface area (Å²) >= 11 is 0. The zero-order valence-electron chi connectivity index (χ0n) is 14.3. The van der Waals surface area contributed by atoms with Crippen LogP contribution in [0.2, 0.25) is 0 Å². The van der Waals surface area contributed by atoms with Crippen molar-refractivity contribution in [2.45, 2.75) is 6.54 Å². The van der Waals surface area contributed by atoms with Crippen molar-refractivity contribution in [2.75, 3.05) is 21.2 Å². The van der Waals surface area contributed by atoms with Gasteiger partial charge in [0.25, 0.3) is 0 Å². The van der Waals surface area contributed by atoms with E-state index in [1.807, 2.05) is 19.0 Å². The second-order valence-electron chi connectivity index (χ2n) is 5.88. The van der Waals surface area contributed by atoms with Gasteiger partial charge in [-0.15, -0.1) is 12.4 Å². The van der Waals surface area contributed by atoms with Gasteiger partial charge in [-0.05, 0) is 50.5 Å². The standard InChI is InChI=1S/C19H19NO4.ClH/c1-20(2)10-14-16(21)8-9-17-18(14)15(11-24-17)19(22)12-4-6-13(23-3)7-5-12;/h4-9,11,21H,10H2,1-3H3;1H. The van der Waals surface area contributed by atoms with Gasteiger partial charge in [-0.1, -0.05) is 0 Å². The quantitative estimate of drug-likeness (QED) is 0.699. The first-order valence-corrected chi connectivity index (χ1v) is 7.56. The molecule has 3 aromatic rings. The van der Waals surface area contributed by atoms with Crippen LogP contribution in [0.5, 0.6) is 11.5 Å². The zero-order valence-corrected chi connectivity index (χ0v) is 15.1. The SMILES string of the molecule is COc1ccc(C(=O)c2coc3ccc(O)c(CN(C)C)c23)cc1.Cl. The van der Waals surface area contributed by atoms with Crippen molar-refractivity contribution < 1.29 is 19.1 Å². The molecule has 0 amide bonds. The van der Waals surface area contributed by atoms with Crippen LogP contribution in [0, 0.1) is 0 Å². The molecule has 0 spiro atoms. The van der Waals surface area contributed by atoms with Crippen LogP contribution in [-0.2, 0) is 6.54 Å². The monoisotopic (exact) mass is 361 g/mol. The maximum Gasteiger partial charge on any atom is 0.196 e. The van der Waals surface area contributed by atoms with Crippen LogP contribution < -0.4 is 4.74 Å². The van der Waals surface area contributed by atoms with Gasteiger partial charge in [0, 0.05) is 23.1 Å². The summed E-state index contributed by atoms with van der Waals surface area (Å²) in [6.45, 7) is 0.506. The minimum absolute atomic E-state index is 0. The highest BCUT2D eigenvalue weighted by atomic mass is 35.5. The second kappa shape index (κ2) is 7.59. The Morgan fingerprint density at radius 2 is 1.84 bits per heavy atom. The molecule has 1 heterocycles. The van der Waals surface area contributed by atoms with Crippen molar-refractivity contribution in [3.05, 3.63) is 59.4 Å². The Balaban J connectivity index is 0.00000225. The van der Waals surface area contributed by atoms with Gasteiger partial charge in [-0.25, -0.2) is 0 Å². The van der Waals surface area contributed by atoms with E-state index in [1.165, 1.54) is 6.26 Å². The lowest BCUT2D eigenvalue weighted by Gasteiger charge is -2.13. The number of furan rings is 1. The Kier molecular flexibility index (Phi) is 5.72. The summed E-state index contributed by atoms with van der Waals surface area (Å²) in [4.78, 5) is 14.8. The van der Waals surface area contributed by atoms with Crippen molar-refractivity contribution in [3.63, 3.8) is 0 Å². The van der Waals surface area contributed by atoms with Crippen molar-refractivity contribution in [2.24, 2.45) is 0 Å². The van der Waals surface area contributed by atoms with E-state index in [1.54, 1.807) is 43.5 Å². The predicted octanol–water partition coefficient (Wildman–Crippen LogP) is 3.86. The Labute approximate surface area is 152 Å². The highest BCUT2D eigenvalue weighted by Crippen LogP contribution is 2.33. The number of hydrogen-bond donors (Lipinski definition) is 1. The maximum absolute atomic E-state index is 12.9. The molecule has 0 saturated heterocycles. The van der Waals surface area contributed by atoms with Gasteiger partial charge in [-0.2, -0.15) is 0 Å². The van der Waals surface area contributed by atoms with Crippen LogP contribution in [0.1, 0.15) is 21.5 Å². The van der Waals surface area contributed by atoms with Crippen LogP contribution in [0.15, 0.2) is 47.1 Å². The third-order valence-electron chi connectivity index (χ3n) is 3.89. The minimum Gasteiger partial charge on any atom is -0.508 e. The molecule has 0 radical (unpaired) electrons. The Morgan fingerprint density at radius 1 is 1.16 bits per heavy atom. The van der Waals surface area contributed by atoms with Gasteiger partial charge in [0.1, 0.15) is 23.3 Å². The number of nitrogens with zero attached hydrogens (tertiary/aromatic N) is 1. The lowest BCUT2D eigenvalue weighted by Crippen LogP contribution is -2.12. The molecule has 1 N–H and O–H groups in total. The predicted molar refractivity (Wildman–Crippen MR) is 98.9 cm³/mol. The molecule has 5 nitrogen and oxygen atoms in total. The van der Waals surface area contributed by atoms with Crippen LogP contribution in [0.3, 0.4) is 0 Å². The lowest BCUT2D eigenvalue weighted by molar-refractivity contribution is 0.103. The number of carbonyl (C=O) groups is 1. The van der Waals surface area contributed by atoms with Crippen LogP contribution in [0.25, 0.3) is 11.0 Å². The smallest absolute Gasteiger partial charge is 0.196 e. The van der Waals surface area contributed by atoms with E-state index in [0.29, 0.717) is 40.0 Å². The number of ether oxygens (including phenoxy) is 1. The number of phenolic OH excluding ortho intramolecular Hbond substituents is 1. The molecule has 6 heteroatoms. The van der Waals surface area contributed by atoms with E-state index in [4.69, 9.17) is 9.15 Å². The van der Waals surface area contributed by atoms with E-state index in [-0.39, 0.29) is 23.9 Å². The third kappa shape index (κ3) is 3.62. The zero-order chi connectivity index (χ0) is 17.3. The minimum atomic E-state index is -0.151. The number of fused-ring (bicyclic) bond motifs is 1. The molecular formula is C19H20ClNO4. The van der Waals surface area contributed by atoms with E-state index in [2.05, 4.69) is 0 Å². The number of methoxy groups -OCH3 is 1. The average Bonchev–Trinajstić information content (AvgIpc) is 3.01. The summed E-state index contributed by atoms with van der Waals surface area (Å²) in [6.07, 6.45) is 1.45. The molecule has 132 valence electrons. The largest absolute Gasteiger partial charge is 0.508 e. The van der Waals surface area contributed by atoms with Crippen molar-refractivity contribution in [3.8, 4) is 11.5 Å². The second-order valence-corrected chi connectivity index (χ2v) is 5.88. The fourth-order valence-electron chi connectivity index (χ4n) is 2.73. The first-order chi connectivity index (χ1) is 11.5. The molecule has 3 rings (SSSR count). The highest BCUT2D eigenvalue weighted by molar-refractivity contribution is 6.16. The highest BCUT2D eigenvalue weighted by Gasteiger charge is 2.20. The number of halogens is 1. The molecule has 1 aromatic heterocycles. The van der Waals surface area contributed by atoms with E-state index >= 15 is 0 Å². The number of aromatic hydroxyl groups is 1. The third-order valence-corrected chi connectivity index (χ3v) is 3.89. The summed E-state index contributed by atoms with van der Waals surface area (Å²) in [5.41, 5.74) is 2.25. The van der Waals surface area contributed by atoms with Gasteiger partial charge < -0.3 is 19.2 Å². The number of carbonyl (C=O) groups excluding carboxylic acids is 1. The topological polar surface area (TPSA) is 62.9 Å². The molecule has 0 fully saturated rings. The van der Waals surface area contributed by atoms with Crippen LogP contribution in [0.4, 0.5) is 0 Å². The molecule has 0 aliphatic rings. The number of rotatable bonds is 5. The molecule has 0 atom stereocenters. The summed E-state index contributed by atoms with van der Waals surface area (Å²) in [7, 11) is 5.39. The van der Waals surface area contributed by atoms with Gasteiger partial charge in [0.2, 0.25) is 0 Å². The number of phenols is 1. The Hall–Kier alpha value is -2.50. The maximum atomic E-state index is 12.9. The number of benzene rings is 2. The first-order valence-electron chi connectivity index (χ1n) is 7.56. The van der Waals surface area contributed by atoms with Gasteiger partial charge in [0.15, 0.2) is 5.78 Å². The van der Waals surface area contributed by atoms with Gasteiger partial charge in [0.05, 0.1) is 12.7 Å². The molecule has 0 aliphatic heterocycles. The lowest BCUT2D eigenvalue weighted by atomic mass is 9.98. The normalized spacial score (nSPS) is 10.7. The average molecular weight is 362 g/mol. The Bertz CT molecular complexity index is 884. The van der Waals surface area contributed by atoms with Gasteiger partial charge >= 0.3 is 0 Å².